The average Bonchev–Trinajstić information content (AvgIpc) is 3.96. The summed E-state index contributed by atoms with van der Waals surface area (Å²) < 4.78 is 55.0. The Morgan fingerprint density at radius 2 is 1.89 bits per heavy atom. The molecule has 3 unspecified atom stereocenters. The van der Waals surface area contributed by atoms with Gasteiger partial charge in [0, 0.05) is 48.1 Å². The molecule has 2 aromatic carbocycles. The van der Waals surface area contributed by atoms with Gasteiger partial charge in [-0.1, -0.05) is 12.0 Å². The van der Waals surface area contributed by atoms with E-state index in [2.05, 4.69) is 26.0 Å². The van der Waals surface area contributed by atoms with Gasteiger partial charge in [-0.25, -0.2) is 8.78 Å². The number of aromatic hydroxyl groups is 1. The molecule has 12 heteroatoms. The van der Waals surface area contributed by atoms with Crippen LogP contribution in [0, 0.1) is 23.6 Å². The second kappa shape index (κ2) is 11.0. The summed E-state index contributed by atoms with van der Waals surface area (Å²) in [5.41, 5.74) is -0.0448. The SMILES string of the molecule is C#Cc1c(F)ccc2cc(O)cc(C3=C(F)c4nc(OCC5(CN(C)C)CC5)nc(N5CC6CCC(C5)N6)c4[S+]([O-])N3C3CC3)c12. The molecule has 3 aliphatic heterocycles. The minimum absolute atomic E-state index is 0.0155. The van der Waals surface area contributed by atoms with Gasteiger partial charge in [-0.05, 0) is 76.2 Å². The number of aromatic nitrogens is 2. The Balaban J connectivity index is 1.33. The van der Waals surface area contributed by atoms with Crippen molar-refractivity contribution in [3.63, 3.8) is 0 Å². The number of nitrogens with zero attached hydrogens (tertiary/aromatic N) is 5. The fourth-order valence-corrected chi connectivity index (χ4v) is 9.05. The van der Waals surface area contributed by atoms with Crippen LogP contribution in [0.1, 0.15) is 55.3 Å². The third kappa shape index (κ3) is 5.04. The summed E-state index contributed by atoms with van der Waals surface area (Å²) in [7, 11) is 4.05. The maximum absolute atomic E-state index is 17.4. The van der Waals surface area contributed by atoms with Crippen molar-refractivity contribution < 1.29 is 23.2 Å². The standard InChI is InChI=1S/C34H36F2N6O3S/c1-4-24-26(35)10-5-19-13-23(43)14-25(27(19)24)30-28(36)29-31(46(44)42(30)22-8-9-22)32(41-15-20-6-7-21(16-41)37-20)39-33(38-29)45-18-34(11-12-34)17-40(2)3/h1,5,10,13-14,20-22,37,43H,6-9,11-12,15-18H2,2-3H3. The molecule has 2 saturated heterocycles. The number of fused-ring (bicyclic) bond motifs is 4. The fraction of sp³-hybridized carbons (Fsp3) is 0.471. The monoisotopic (exact) mass is 646 g/mol. The summed E-state index contributed by atoms with van der Waals surface area (Å²) in [5.74, 6) is 1.31. The highest BCUT2D eigenvalue weighted by molar-refractivity contribution is 7.89. The number of terminal acetylenes is 1. The summed E-state index contributed by atoms with van der Waals surface area (Å²) in [6.07, 6.45) is 11.3. The van der Waals surface area contributed by atoms with Crippen LogP contribution < -0.4 is 15.0 Å². The Kier molecular flexibility index (Phi) is 7.10. The summed E-state index contributed by atoms with van der Waals surface area (Å²) in [6, 6.07) is 5.86. The maximum atomic E-state index is 17.4. The van der Waals surface area contributed by atoms with Crippen LogP contribution in [-0.2, 0) is 11.4 Å². The highest BCUT2D eigenvalue weighted by atomic mass is 32.2. The summed E-state index contributed by atoms with van der Waals surface area (Å²) in [4.78, 5) is 13.9. The van der Waals surface area contributed by atoms with Crippen LogP contribution in [0.2, 0.25) is 0 Å². The van der Waals surface area contributed by atoms with Gasteiger partial charge in [-0.15, -0.1) is 6.42 Å². The van der Waals surface area contributed by atoms with Crippen molar-refractivity contribution in [3.05, 3.63) is 46.9 Å². The van der Waals surface area contributed by atoms with Gasteiger partial charge in [0.2, 0.25) is 0 Å². The fourth-order valence-electron chi connectivity index (χ4n) is 7.40. The number of benzene rings is 2. The molecule has 0 amide bonds. The van der Waals surface area contributed by atoms with Crippen LogP contribution in [-0.4, -0.2) is 87.3 Å². The van der Waals surface area contributed by atoms with Gasteiger partial charge >= 0.3 is 6.01 Å². The number of rotatable bonds is 8. The van der Waals surface area contributed by atoms with E-state index in [-0.39, 0.29) is 68.1 Å². The number of phenols is 1. The van der Waals surface area contributed by atoms with E-state index in [9.17, 15) is 9.66 Å². The van der Waals surface area contributed by atoms with Gasteiger partial charge in [0.15, 0.2) is 17.3 Å². The molecular weight excluding hydrogens is 610 g/mol. The molecule has 3 atom stereocenters. The first-order chi connectivity index (χ1) is 22.1. The van der Waals surface area contributed by atoms with E-state index in [0.717, 1.165) is 32.2 Å². The molecule has 3 aromatic rings. The zero-order valence-corrected chi connectivity index (χ0v) is 26.7. The number of nitrogens with one attached hydrogen (secondary N) is 1. The van der Waals surface area contributed by atoms with Gasteiger partial charge in [0.25, 0.3) is 4.90 Å². The van der Waals surface area contributed by atoms with Crippen LogP contribution in [0.15, 0.2) is 29.2 Å². The molecule has 240 valence electrons. The summed E-state index contributed by atoms with van der Waals surface area (Å²) >= 11 is -1.92. The van der Waals surface area contributed by atoms with Crippen molar-refractivity contribution in [2.75, 3.05) is 45.2 Å². The number of ether oxygens (including phenoxy) is 1. The molecule has 0 radical (unpaired) electrons. The molecule has 0 spiro atoms. The highest BCUT2D eigenvalue weighted by Crippen LogP contribution is 2.52. The molecule has 1 aromatic heterocycles. The lowest BCUT2D eigenvalue weighted by molar-refractivity contribution is 0.182. The second-order valence-corrected chi connectivity index (χ2v) is 15.0. The largest absolute Gasteiger partial charge is 0.588 e. The van der Waals surface area contributed by atoms with Crippen LogP contribution in [0.4, 0.5) is 14.6 Å². The zero-order valence-electron chi connectivity index (χ0n) is 25.9. The molecule has 4 heterocycles. The van der Waals surface area contributed by atoms with E-state index in [0.29, 0.717) is 43.7 Å². The van der Waals surface area contributed by atoms with Crippen LogP contribution >= 0.6 is 0 Å². The lowest BCUT2D eigenvalue weighted by atomic mass is 9.95. The normalized spacial score (nSPS) is 24.8. The van der Waals surface area contributed by atoms with Gasteiger partial charge in [-0.3, -0.25) is 0 Å². The first kappa shape index (κ1) is 29.8. The van der Waals surface area contributed by atoms with E-state index in [1.165, 1.54) is 24.3 Å². The van der Waals surface area contributed by atoms with Gasteiger partial charge in [0.1, 0.15) is 28.6 Å². The van der Waals surface area contributed by atoms with E-state index in [1.54, 1.807) is 4.31 Å². The first-order valence-corrected chi connectivity index (χ1v) is 17.0. The Morgan fingerprint density at radius 3 is 2.54 bits per heavy atom. The molecule has 2 saturated carbocycles. The average molecular weight is 647 g/mol. The van der Waals surface area contributed by atoms with E-state index in [1.807, 2.05) is 14.1 Å². The van der Waals surface area contributed by atoms with E-state index < -0.39 is 23.0 Å². The minimum atomic E-state index is -1.92. The minimum Gasteiger partial charge on any atom is -0.588 e. The smallest absolute Gasteiger partial charge is 0.319 e. The predicted molar refractivity (Wildman–Crippen MR) is 173 cm³/mol. The molecule has 2 bridgehead atoms. The topological polar surface area (TPSA) is 100 Å². The summed E-state index contributed by atoms with van der Waals surface area (Å²) in [5, 5.41) is 15.1. The zero-order chi connectivity index (χ0) is 31.9. The first-order valence-electron chi connectivity index (χ1n) is 15.9. The van der Waals surface area contributed by atoms with Crippen molar-refractivity contribution >= 4 is 39.5 Å². The molecule has 4 fully saturated rings. The number of hydrogen-bond donors (Lipinski definition) is 2. The van der Waals surface area contributed by atoms with Crippen molar-refractivity contribution in [1.29, 1.82) is 0 Å². The van der Waals surface area contributed by atoms with Crippen molar-refractivity contribution in [3.8, 4) is 24.1 Å². The van der Waals surface area contributed by atoms with Crippen molar-refractivity contribution in [2.45, 2.75) is 61.5 Å². The molecule has 8 rings (SSSR count). The number of halogens is 2. The van der Waals surface area contributed by atoms with Gasteiger partial charge in [-0.2, -0.15) is 14.3 Å². The molecule has 2 aliphatic carbocycles. The lowest BCUT2D eigenvalue weighted by Crippen LogP contribution is -2.52. The Morgan fingerprint density at radius 1 is 1.15 bits per heavy atom. The van der Waals surface area contributed by atoms with Gasteiger partial charge < -0.3 is 29.5 Å². The third-order valence-electron chi connectivity index (χ3n) is 9.78. The van der Waals surface area contributed by atoms with E-state index in [4.69, 9.17) is 16.1 Å². The maximum Gasteiger partial charge on any atom is 0.319 e. The number of hydrogen-bond acceptors (Lipinski definition) is 9. The molecular formula is C34H36F2N6O3S. The molecule has 5 aliphatic rings. The third-order valence-corrected chi connectivity index (χ3v) is 11.3. The number of piperazine rings is 1. The van der Waals surface area contributed by atoms with Crippen LogP contribution in [0.5, 0.6) is 11.8 Å². The Bertz CT molecular complexity index is 1810. The number of anilines is 1. The second-order valence-electron chi connectivity index (χ2n) is 13.7. The number of phenolic OH excluding ortho intramolecular Hbond substituents is 1. The van der Waals surface area contributed by atoms with Crippen LogP contribution in [0.25, 0.3) is 22.3 Å². The molecule has 46 heavy (non-hydrogen) atoms. The molecule has 9 nitrogen and oxygen atoms in total. The quantitative estimate of drug-likeness (QED) is 0.272. The van der Waals surface area contributed by atoms with Gasteiger partial charge in [0.05, 0.1) is 18.2 Å². The highest BCUT2D eigenvalue weighted by Gasteiger charge is 2.51. The lowest BCUT2D eigenvalue weighted by Gasteiger charge is -2.37. The van der Waals surface area contributed by atoms with E-state index >= 15 is 8.78 Å². The van der Waals surface area contributed by atoms with Crippen LogP contribution in [0.3, 0.4) is 0 Å². The Labute approximate surface area is 269 Å². The summed E-state index contributed by atoms with van der Waals surface area (Å²) in [6.45, 7) is 2.52. The van der Waals surface area contributed by atoms with Crippen molar-refractivity contribution in [2.24, 2.45) is 5.41 Å². The predicted octanol–water partition coefficient (Wildman–Crippen LogP) is 4.41. The Hall–Kier alpha value is -3.63. The van der Waals surface area contributed by atoms with Crippen molar-refractivity contribution in [1.82, 2.24) is 24.5 Å². The molecule has 2 N–H and O–H groups in total.